The van der Waals surface area contributed by atoms with Crippen molar-refractivity contribution in [1.82, 2.24) is 4.90 Å². The second-order valence-corrected chi connectivity index (χ2v) is 6.78. The third kappa shape index (κ3) is 4.39. The zero-order valence-electron chi connectivity index (χ0n) is 14.2. The largest absolute Gasteiger partial charge is 0.489 e. The summed E-state index contributed by atoms with van der Waals surface area (Å²) in [5.74, 6) is 0.780. The molecule has 1 saturated heterocycles. The maximum atomic E-state index is 12.6. The first-order chi connectivity index (χ1) is 12.0. The summed E-state index contributed by atoms with van der Waals surface area (Å²) in [5, 5.41) is 9.48. The zero-order valence-corrected chi connectivity index (χ0v) is 14.2. The summed E-state index contributed by atoms with van der Waals surface area (Å²) in [7, 11) is 0. The molecule has 5 nitrogen and oxygen atoms in total. The number of likely N-dealkylation sites (tertiary alicyclic amines) is 1. The highest BCUT2D eigenvalue weighted by molar-refractivity contribution is 5.74. The van der Waals surface area contributed by atoms with E-state index in [4.69, 9.17) is 4.74 Å². The van der Waals surface area contributed by atoms with Crippen LogP contribution in [0.25, 0.3) is 0 Å². The van der Waals surface area contributed by atoms with Crippen molar-refractivity contribution in [3.05, 3.63) is 23.8 Å². The molecule has 1 unspecified atom stereocenters. The lowest BCUT2D eigenvalue weighted by Gasteiger charge is -2.20. The average molecular weight is 355 g/mol. The number of aliphatic hydroxyl groups excluding tert-OH is 1. The van der Waals surface area contributed by atoms with Crippen LogP contribution in [0.15, 0.2) is 18.2 Å². The third-order valence-corrected chi connectivity index (χ3v) is 4.86. The molecule has 1 aromatic rings. The van der Waals surface area contributed by atoms with E-state index >= 15 is 0 Å². The lowest BCUT2D eigenvalue weighted by molar-refractivity contribution is -0.130. The van der Waals surface area contributed by atoms with Crippen LogP contribution in [-0.2, 0) is 4.79 Å². The monoisotopic (exact) mass is 355 g/mol. The van der Waals surface area contributed by atoms with E-state index in [0.717, 1.165) is 18.4 Å². The number of carbonyl (C=O) groups excluding carboxylic acids is 1. The van der Waals surface area contributed by atoms with Crippen LogP contribution in [0, 0.1) is 5.92 Å². The second kappa shape index (κ2) is 7.56. The Hall–Kier alpha value is -1.89. The molecule has 2 fully saturated rings. The number of carbonyl (C=O) groups is 1. The van der Waals surface area contributed by atoms with Gasteiger partial charge in [0.15, 0.2) is 11.5 Å². The molecule has 1 N–H and O–H groups in total. The molecule has 2 aliphatic rings. The van der Waals surface area contributed by atoms with E-state index in [1.165, 1.54) is 13.0 Å². The van der Waals surface area contributed by atoms with Crippen LogP contribution in [0.2, 0.25) is 0 Å². The molecule has 3 rings (SSSR count). The van der Waals surface area contributed by atoms with Crippen LogP contribution >= 0.6 is 0 Å². The summed E-state index contributed by atoms with van der Waals surface area (Å²) in [6.07, 6.45) is 2.82. The minimum absolute atomic E-state index is 0.0273. The van der Waals surface area contributed by atoms with E-state index in [1.807, 2.05) is 0 Å². The van der Waals surface area contributed by atoms with Gasteiger partial charge in [-0.25, -0.2) is 0 Å². The average Bonchev–Trinajstić information content (AvgIpc) is 3.29. The van der Waals surface area contributed by atoms with Crippen molar-refractivity contribution in [2.75, 3.05) is 19.8 Å². The first-order valence-electron chi connectivity index (χ1n) is 8.57. The highest BCUT2D eigenvalue weighted by Gasteiger charge is 2.34. The van der Waals surface area contributed by atoms with Gasteiger partial charge in [-0.05, 0) is 42.9 Å². The molecule has 1 aliphatic heterocycles. The predicted octanol–water partition coefficient (Wildman–Crippen LogP) is 2.77. The summed E-state index contributed by atoms with van der Waals surface area (Å²) in [5.41, 5.74) is 0.898. The normalized spacial score (nSPS) is 23.2. The molecular formula is C18H23F2NO4. The Morgan fingerprint density at radius 3 is 2.68 bits per heavy atom. The fourth-order valence-corrected chi connectivity index (χ4v) is 3.29. The van der Waals surface area contributed by atoms with Gasteiger partial charge in [-0.2, -0.15) is 8.78 Å². The molecule has 0 aromatic heterocycles. The summed E-state index contributed by atoms with van der Waals surface area (Å²) in [6, 6.07) is 4.73. The summed E-state index contributed by atoms with van der Waals surface area (Å²) in [6.45, 7) is -0.528. The maximum absolute atomic E-state index is 12.6. The predicted molar refractivity (Wildman–Crippen MR) is 86.9 cm³/mol. The summed E-state index contributed by atoms with van der Waals surface area (Å²) in [4.78, 5) is 13.4. The first-order valence-corrected chi connectivity index (χ1v) is 8.57. The van der Waals surface area contributed by atoms with Gasteiger partial charge in [0.25, 0.3) is 0 Å². The highest BCUT2D eigenvalue weighted by atomic mass is 19.3. The Morgan fingerprint density at radius 2 is 2.12 bits per heavy atom. The van der Waals surface area contributed by atoms with Crippen molar-refractivity contribution in [1.29, 1.82) is 0 Å². The van der Waals surface area contributed by atoms with Gasteiger partial charge in [-0.3, -0.25) is 4.79 Å². The minimum Gasteiger partial charge on any atom is -0.489 e. The molecule has 1 heterocycles. The van der Waals surface area contributed by atoms with E-state index in [-0.39, 0.29) is 30.2 Å². The minimum atomic E-state index is -2.91. The van der Waals surface area contributed by atoms with Crippen LogP contribution in [0.1, 0.15) is 37.7 Å². The number of alkyl halides is 2. The van der Waals surface area contributed by atoms with Crippen LogP contribution in [0.4, 0.5) is 8.78 Å². The molecule has 1 saturated carbocycles. The van der Waals surface area contributed by atoms with Crippen molar-refractivity contribution < 1.29 is 28.2 Å². The van der Waals surface area contributed by atoms with E-state index < -0.39 is 6.61 Å². The van der Waals surface area contributed by atoms with Crippen LogP contribution in [-0.4, -0.2) is 48.3 Å². The number of halogens is 2. The van der Waals surface area contributed by atoms with Crippen molar-refractivity contribution in [3.8, 4) is 11.5 Å². The van der Waals surface area contributed by atoms with Crippen molar-refractivity contribution in [2.24, 2.45) is 5.92 Å². The first kappa shape index (κ1) is 17.9. The van der Waals surface area contributed by atoms with E-state index in [1.54, 1.807) is 17.0 Å². The smallest absolute Gasteiger partial charge is 0.387 e. The van der Waals surface area contributed by atoms with Crippen LogP contribution < -0.4 is 9.47 Å². The fourth-order valence-electron chi connectivity index (χ4n) is 3.29. The molecule has 0 radical (unpaired) electrons. The van der Waals surface area contributed by atoms with Crippen molar-refractivity contribution >= 4 is 5.91 Å². The number of ether oxygens (including phenoxy) is 2. The number of aliphatic hydroxyl groups is 1. The van der Waals surface area contributed by atoms with E-state index in [2.05, 4.69) is 4.74 Å². The van der Waals surface area contributed by atoms with Gasteiger partial charge >= 0.3 is 6.61 Å². The third-order valence-electron chi connectivity index (χ3n) is 4.86. The van der Waals surface area contributed by atoms with E-state index in [9.17, 15) is 18.7 Å². The Balaban J connectivity index is 1.78. The number of hydrogen-bond acceptors (Lipinski definition) is 4. The van der Waals surface area contributed by atoms with Gasteiger partial charge in [0.05, 0.1) is 19.3 Å². The van der Waals surface area contributed by atoms with Crippen LogP contribution in [0.3, 0.4) is 0 Å². The quantitative estimate of drug-likeness (QED) is 0.817. The number of rotatable bonds is 7. The summed E-state index contributed by atoms with van der Waals surface area (Å²) >= 11 is 0. The molecule has 0 bridgehead atoms. The van der Waals surface area contributed by atoms with Gasteiger partial charge in [-0.1, -0.05) is 6.07 Å². The Bertz CT molecular complexity index is 621. The number of hydrogen-bond donors (Lipinski definition) is 1. The number of amides is 1. The summed E-state index contributed by atoms with van der Waals surface area (Å²) < 4.78 is 35.5. The molecule has 25 heavy (non-hydrogen) atoms. The van der Waals surface area contributed by atoms with Gasteiger partial charge in [0.1, 0.15) is 0 Å². The maximum Gasteiger partial charge on any atom is 0.387 e. The Kier molecular flexibility index (Phi) is 5.42. The Morgan fingerprint density at radius 1 is 1.36 bits per heavy atom. The van der Waals surface area contributed by atoms with E-state index in [0.29, 0.717) is 31.2 Å². The topological polar surface area (TPSA) is 59.0 Å². The molecule has 138 valence electrons. The molecule has 0 spiro atoms. The number of nitrogens with zero attached hydrogens (tertiary/aromatic N) is 1. The second-order valence-electron chi connectivity index (χ2n) is 6.78. The lowest BCUT2D eigenvalue weighted by Crippen LogP contribution is -2.35. The van der Waals surface area contributed by atoms with Gasteiger partial charge in [0.2, 0.25) is 5.91 Å². The van der Waals surface area contributed by atoms with Gasteiger partial charge < -0.3 is 19.5 Å². The fraction of sp³-hybridized carbons (Fsp3) is 0.611. The molecule has 1 amide bonds. The SMILES string of the molecule is CC(=O)N1CC(c2ccc(OC(F)F)c(OCC3CC3)c2)C[C@@H]1CO. The zero-order chi connectivity index (χ0) is 18.0. The van der Waals surface area contributed by atoms with Crippen LogP contribution in [0.5, 0.6) is 11.5 Å². The molecular weight excluding hydrogens is 332 g/mol. The lowest BCUT2D eigenvalue weighted by atomic mass is 9.96. The van der Waals surface area contributed by atoms with Crippen molar-refractivity contribution in [3.63, 3.8) is 0 Å². The standard InChI is InChI=1S/C18H23F2NO4/c1-11(23)21-8-14(6-15(21)9-22)13-4-5-16(25-18(19)20)17(7-13)24-10-12-2-3-12/h4-5,7,12,14-15,18,22H,2-3,6,8-10H2,1H3/t14?,15-/m1/s1. The molecule has 7 heteroatoms. The molecule has 2 atom stereocenters. The van der Waals surface area contributed by atoms with Crippen molar-refractivity contribution in [2.45, 2.75) is 44.8 Å². The van der Waals surface area contributed by atoms with Gasteiger partial charge in [0, 0.05) is 19.4 Å². The Labute approximate surface area is 145 Å². The van der Waals surface area contributed by atoms with Gasteiger partial charge in [-0.15, -0.1) is 0 Å². The highest BCUT2D eigenvalue weighted by Crippen LogP contribution is 2.38. The molecule has 1 aliphatic carbocycles. The number of benzene rings is 1. The molecule has 1 aromatic carbocycles.